The van der Waals surface area contributed by atoms with Crippen molar-refractivity contribution in [1.29, 1.82) is 0 Å². The molecule has 1 aromatic rings. The SMILES string of the molecule is CCCC(=O)C(Cc1ccccc1)NC(=O)CCCC(=O)O. The summed E-state index contributed by atoms with van der Waals surface area (Å²) in [6, 6.07) is 8.99. The van der Waals surface area contributed by atoms with E-state index in [4.69, 9.17) is 5.11 Å². The zero-order valence-corrected chi connectivity index (χ0v) is 12.9. The Labute approximate surface area is 130 Å². The number of carboxylic acid groups (broad SMARTS) is 1. The Balaban J connectivity index is 2.60. The predicted molar refractivity (Wildman–Crippen MR) is 83.5 cm³/mol. The van der Waals surface area contributed by atoms with Gasteiger partial charge in [-0.1, -0.05) is 37.3 Å². The highest BCUT2D eigenvalue weighted by molar-refractivity contribution is 5.89. The molecule has 5 heteroatoms. The molecule has 1 atom stereocenters. The van der Waals surface area contributed by atoms with Crippen LogP contribution >= 0.6 is 0 Å². The largest absolute Gasteiger partial charge is 0.481 e. The second kappa shape index (κ2) is 9.71. The van der Waals surface area contributed by atoms with Gasteiger partial charge in [0.25, 0.3) is 0 Å². The molecule has 0 aliphatic rings. The molecule has 0 bridgehead atoms. The molecule has 120 valence electrons. The van der Waals surface area contributed by atoms with Crippen LogP contribution in [0, 0.1) is 0 Å². The van der Waals surface area contributed by atoms with Gasteiger partial charge in [-0.2, -0.15) is 0 Å². The first-order chi connectivity index (χ1) is 10.5. The summed E-state index contributed by atoms with van der Waals surface area (Å²) in [6.45, 7) is 1.92. The molecule has 0 aromatic heterocycles. The average Bonchev–Trinajstić information content (AvgIpc) is 2.47. The minimum Gasteiger partial charge on any atom is -0.481 e. The van der Waals surface area contributed by atoms with Crippen LogP contribution in [0.25, 0.3) is 0 Å². The second-order valence-corrected chi connectivity index (χ2v) is 5.27. The van der Waals surface area contributed by atoms with Crippen LogP contribution in [0.15, 0.2) is 30.3 Å². The highest BCUT2D eigenvalue weighted by atomic mass is 16.4. The summed E-state index contributed by atoms with van der Waals surface area (Å²) in [5.74, 6) is -1.18. The van der Waals surface area contributed by atoms with Gasteiger partial charge < -0.3 is 10.4 Å². The Morgan fingerprint density at radius 1 is 1.09 bits per heavy atom. The molecule has 0 saturated heterocycles. The molecular formula is C17H23NO4. The Bertz CT molecular complexity index is 499. The summed E-state index contributed by atoms with van der Waals surface area (Å²) in [5, 5.41) is 11.3. The highest BCUT2D eigenvalue weighted by Gasteiger charge is 2.20. The summed E-state index contributed by atoms with van der Waals surface area (Å²) >= 11 is 0. The van der Waals surface area contributed by atoms with Gasteiger partial charge in [0.15, 0.2) is 5.78 Å². The zero-order valence-electron chi connectivity index (χ0n) is 12.9. The molecule has 5 nitrogen and oxygen atoms in total. The molecule has 0 heterocycles. The van der Waals surface area contributed by atoms with Crippen molar-refractivity contribution < 1.29 is 19.5 Å². The fourth-order valence-corrected chi connectivity index (χ4v) is 2.18. The number of hydrogen-bond acceptors (Lipinski definition) is 3. The molecule has 0 radical (unpaired) electrons. The Morgan fingerprint density at radius 3 is 2.36 bits per heavy atom. The molecule has 1 aromatic carbocycles. The summed E-state index contributed by atoms with van der Waals surface area (Å²) in [5.41, 5.74) is 0.989. The fraction of sp³-hybridized carbons (Fsp3) is 0.471. The number of carboxylic acids is 1. The lowest BCUT2D eigenvalue weighted by Crippen LogP contribution is -2.42. The fourth-order valence-electron chi connectivity index (χ4n) is 2.18. The first-order valence-electron chi connectivity index (χ1n) is 7.60. The van der Waals surface area contributed by atoms with Crippen LogP contribution in [0.4, 0.5) is 0 Å². The molecule has 0 spiro atoms. The number of ketones is 1. The number of amides is 1. The van der Waals surface area contributed by atoms with Gasteiger partial charge in [-0.15, -0.1) is 0 Å². The molecular weight excluding hydrogens is 282 g/mol. The van der Waals surface area contributed by atoms with Gasteiger partial charge in [-0.05, 0) is 24.8 Å². The van der Waals surface area contributed by atoms with Crippen molar-refractivity contribution in [3.63, 3.8) is 0 Å². The monoisotopic (exact) mass is 305 g/mol. The van der Waals surface area contributed by atoms with Crippen molar-refractivity contribution in [2.75, 3.05) is 0 Å². The van der Waals surface area contributed by atoms with Gasteiger partial charge >= 0.3 is 5.97 Å². The van der Waals surface area contributed by atoms with E-state index in [1.165, 1.54) is 0 Å². The van der Waals surface area contributed by atoms with Crippen LogP contribution in [0.5, 0.6) is 0 Å². The molecule has 1 rings (SSSR count). The minimum absolute atomic E-state index is 0.0120. The molecule has 0 aliphatic heterocycles. The van der Waals surface area contributed by atoms with Gasteiger partial charge in [-0.3, -0.25) is 14.4 Å². The van der Waals surface area contributed by atoms with Crippen molar-refractivity contribution in [3.8, 4) is 0 Å². The maximum Gasteiger partial charge on any atom is 0.303 e. The zero-order chi connectivity index (χ0) is 16.4. The van der Waals surface area contributed by atoms with Crippen LogP contribution < -0.4 is 5.32 Å². The van der Waals surface area contributed by atoms with Crippen LogP contribution in [-0.4, -0.2) is 28.8 Å². The van der Waals surface area contributed by atoms with E-state index in [9.17, 15) is 14.4 Å². The van der Waals surface area contributed by atoms with E-state index in [0.717, 1.165) is 12.0 Å². The summed E-state index contributed by atoms with van der Waals surface area (Å²) in [6.07, 6.45) is 1.98. The molecule has 2 N–H and O–H groups in total. The molecule has 0 aliphatic carbocycles. The van der Waals surface area contributed by atoms with E-state index >= 15 is 0 Å². The van der Waals surface area contributed by atoms with Crippen molar-refractivity contribution in [2.24, 2.45) is 0 Å². The first kappa shape index (κ1) is 17.9. The summed E-state index contributed by atoms with van der Waals surface area (Å²) in [7, 11) is 0. The second-order valence-electron chi connectivity index (χ2n) is 5.27. The number of hydrogen-bond donors (Lipinski definition) is 2. The molecule has 1 unspecified atom stereocenters. The number of nitrogens with one attached hydrogen (secondary N) is 1. The number of carbonyl (C=O) groups excluding carboxylic acids is 2. The first-order valence-corrected chi connectivity index (χ1v) is 7.60. The van der Waals surface area contributed by atoms with Crippen molar-refractivity contribution in [1.82, 2.24) is 5.32 Å². The maximum absolute atomic E-state index is 12.2. The third-order valence-electron chi connectivity index (χ3n) is 3.30. The van der Waals surface area contributed by atoms with E-state index in [1.807, 2.05) is 37.3 Å². The van der Waals surface area contributed by atoms with Crippen LogP contribution in [-0.2, 0) is 20.8 Å². The maximum atomic E-state index is 12.2. The number of aliphatic carboxylic acids is 1. The number of carbonyl (C=O) groups is 3. The van der Waals surface area contributed by atoms with E-state index in [0.29, 0.717) is 12.8 Å². The van der Waals surface area contributed by atoms with Crippen LogP contribution in [0.1, 0.15) is 44.6 Å². The number of rotatable bonds is 10. The van der Waals surface area contributed by atoms with Gasteiger partial charge in [0.1, 0.15) is 0 Å². The molecule has 1 amide bonds. The van der Waals surface area contributed by atoms with Crippen molar-refractivity contribution in [3.05, 3.63) is 35.9 Å². The third-order valence-corrected chi connectivity index (χ3v) is 3.30. The van der Waals surface area contributed by atoms with Gasteiger partial charge in [0.2, 0.25) is 5.91 Å². The van der Waals surface area contributed by atoms with Crippen molar-refractivity contribution in [2.45, 2.75) is 51.5 Å². The summed E-state index contributed by atoms with van der Waals surface area (Å²) in [4.78, 5) is 34.5. The quantitative estimate of drug-likeness (QED) is 0.695. The van der Waals surface area contributed by atoms with Gasteiger partial charge in [-0.25, -0.2) is 0 Å². The Hall–Kier alpha value is -2.17. The summed E-state index contributed by atoms with van der Waals surface area (Å²) < 4.78 is 0. The topological polar surface area (TPSA) is 83.5 Å². The molecule has 0 saturated carbocycles. The minimum atomic E-state index is -0.921. The van der Waals surface area contributed by atoms with E-state index in [2.05, 4.69) is 5.32 Å². The molecule has 22 heavy (non-hydrogen) atoms. The number of benzene rings is 1. The lowest BCUT2D eigenvalue weighted by Gasteiger charge is -2.17. The lowest BCUT2D eigenvalue weighted by molar-refractivity contribution is -0.137. The number of Topliss-reactive ketones (excluding diaryl/α,β-unsaturated/α-hetero) is 1. The third kappa shape index (κ3) is 7.02. The van der Waals surface area contributed by atoms with Crippen molar-refractivity contribution >= 4 is 17.7 Å². The van der Waals surface area contributed by atoms with Crippen LogP contribution in [0.3, 0.4) is 0 Å². The Kier molecular flexibility index (Phi) is 7.89. The Morgan fingerprint density at radius 2 is 1.77 bits per heavy atom. The van der Waals surface area contributed by atoms with E-state index < -0.39 is 12.0 Å². The molecule has 0 fully saturated rings. The predicted octanol–water partition coefficient (Wildman–Crippen LogP) is 2.34. The smallest absolute Gasteiger partial charge is 0.303 e. The van der Waals surface area contributed by atoms with Gasteiger partial charge in [0.05, 0.1) is 6.04 Å². The normalized spacial score (nSPS) is 11.7. The lowest BCUT2D eigenvalue weighted by atomic mass is 9.99. The van der Waals surface area contributed by atoms with Crippen LogP contribution in [0.2, 0.25) is 0 Å². The van der Waals surface area contributed by atoms with E-state index in [-0.39, 0.29) is 31.0 Å². The average molecular weight is 305 g/mol. The highest BCUT2D eigenvalue weighted by Crippen LogP contribution is 2.07. The van der Waals surface area contributed by atoms with Gasteiger partial charge in [0, 0.05) is 19.3 Å². The standard InChI is InChI=1S/C17H23NO4/c1-2-7-15(19)14(12-13-8-4-3-5-9-13)18-16(20)10-6-11-17(21)22/h3-5,8-9,14H,2,6-7,10-12H2,1H3,(H,18,20)(H,21,22). The van der Waals surface area contributed by atoms with E-state index in [1.54, 1.807) is 0 Å².